The molecule has 1 saturated heterocycles. The van der Waals surface area contributed by atoms with Crippen molar-refractivity contribution in [2.24, 2.45) is 5.41 Å². The van der Waals surface area contributed by atoms with Crippen LogP contribution in [0, 0.1) is 5.41 Å². The number of amides is 1. The molecule has 5 heteroatoms. The van der Waals surface area contributed by atoms with E-state index in [1.807, 2.05) is 4.90 Å². The first-order valence-corrected chi connectivity index (χ1v) is 6.43. The Morgan fingerprint density at radius 1 is 1.56 bits per heavy atom. The molecule has 0 radical (unpaired) electrons. The van der Waals surface area contributed by atoms with Crippen LogP contribution in [-0.2, 0) is 9.53 Å². The minimum Gasteiger partial charge on any atom is -0.394 e. The van der Waals surface area contributed by atoms with Crippen LogP contribution in [0.2, 0.25) is 0 Å². The summed E-state index contributed by atoms with van der Waals surface area (Å²) >= 11 is 4.30. The molecule has 16 heavy (non-hydrogen) atoms. The fourth-order valence-corrected chi connectivity index (χ4v) is 2.48. The molecule has 1 aliphatic heterocycles. The van der Waals surface area contributed by atoms with Crippen molar-refractivity contribution in [3.63, 3.8) is 0 Å². The molecule has 0 aromatic rings. The number of hydrogen-bond donors (Lipinski definition) is 2. The van der Waals surface area contributed by atoms with E-state index in [0.29, 0.717) is 26.1 Å². The number of aliphatic hydroxyl groups excluding tert-OH is 1. The van der Waals surface area contributed by atoms with Gasteiger partial charge in [-0.15, -0.1) is 0 Å². The summed E-state index contributed by atoms with van der Waals surface area (Å²) in [7, 11) is 0. The minimum absolute atomic E-state index is 0.0124. The van der Waals surface area contributed by atoms with Crippen LogP contribution in [0.5, 0.6) is 0 Å². The smallest absolute Gasteiger partial charge is 0.223 e. The molecular weight excluding hydrogens is 226 g/mol. The molecule has 0 spiro atoms. The molecule has 4 nitrogen and oxygen atoms in total. The van der Waals surface area contributed by atoms with Crippen LogP contribution in [0.4, 0.5) is 0 Å². The molecule has 2 aliphatic rings. The summed E-state index contributed by atoms with van der Waals surface area (Å²) in [5.41, 5.74) is 0.174. The predicted molar refractivity (Wildman–Crippen MR) is 63.5 cm³/mol. The SMILES string of the molecule is O=C(CC1(CS)CC1)N1CCOC(CO)C1. The lowest BCUT2D eigenvalue weighted by Gasteiger charge is -2.33. The minimum atomic E-state index is -0.205. The highest BCUT2D eigenvalue weighted by Crippen LogP contribution is 2.49. The fraction of sp³-hybridized carbons (Fsp3) is 0.909. The molecular formula is C11H19NO3S. The van der Waals surface area contributed by atoms with Crippen molar-refractivity contribution in [3.05, 3.63) is 0 Å². The number of morpholine rings is 1. The maximum absolute atomic E-state index is 12.0. The average Bonchev–Trinajstić information content (AvgIpc) is 3.09. The van der Waals surface area contributed by atoms with Gasteiger partial charge in [-0.3, -0.25) is 4.79 Å². The van der Waals surface area contributed by atoms with Gasteiger partial charge in [-0.05, 0) is 24.0 Å². The van der Waals surface area contributed by atoms with Gasteiger partial charge in [0.1, 0.15) is 0 Å². The van der Waals surface area contributed by atoms with E-state index in [2.05, 4.69) is 12.6 Å². The van der Waals surface area contributed by atoms with Crippen molar-refractivity contribution in [1.29, 1.82) is 0 Å². The summed E-state index contributed by atoms with van der Waals surface area (Å²) in [6, 6.07) is 0. The maximum Gasteiger partial charge on any atom is 0.223 e. The van der Waals surface area contributed by atoms with Crippen molar-refractivity contribution >= 4 is 18.5 Å². The van der Waals surface area contributed by atoms with E-state index in [1.54, 1.807) is 0 Å². The Kier molecular flexibility index (Phi) is 3.77. The number of rotatable bonds is 4. The third-order valence-electron chi connectivity index (χ3n) is 3.51. The van der Waals surface area contributed by atoms with Gasteiger partial charge in [0.15, 0.2) is 0 Å². The van der Waals surface area contributed by atoms with Gasteiger partial charge in [0.25, 0.3) is 0 Å². The molecule has 0 bridgehead atoms. The molecule has 1 atom stereocenters. The van der Waals surface area contributed by atoms with Gasteiger partial charge in [-0.1, -0.05) is 0 Å². The summed E-state index contributed by atoms with van der Waals surface area (Å²) in [5.74, 6) is 0.986. The van der Waals surface area contributed by atoms with E-state index >= 15 is 0 Å². The first-order chi connectivity index (χ1) is 7.69. The molecule has 1 saturated carbocycles. The molecule has 1 aliphatic carbocycles. The Morgan fingerprint density at radius 3 is 2.88 bits per heavy atom. The quantitative estimate of drug-likeness (QED) is 0.701. The van der Waals surface area contributed by atoms with E-state index in [-0.39, 0.29) is 24.0 Å². The monoisotopic (exact) mass is 245 g/mol. The second-order valence-electron chi connectivity index (χ2n) is 4.85. The molecule has 0 aromatic heterocycles. The van der Waals surface area contributed by atoms with Crippen LogP contribution < -0.4 is 0 Å². The van der Waals surface area contributed by atoms with Crippen molar-refractivity contribution in [3.8, 4) is 0 Å². The highest BCUT2D eigenvalue weighted by atomic mass is 32.1. The number of carbonyl (C=O) groups is 1. The van der Waals surface area contributed by atoms with E-state index in [0.717, 1.165) is 18.6 Å². The highest BCUT2D eigenvalue weighted by molar-refractivity contribution is 7.80. The lowest BCUT2D eigenvalue weighted by molar-refractivity contribution is -0.141. The second kappa shape index (κ2) is 4.94. The summed E-state index contributed by atoms with van der Waals surface area (Å²) in [4.78, 5) is 13.8. The Bertz CT molecular complexity index is 268. The molecule has 0 aromatic carbocycles. The normalized spacial score (nSPS) is 27.9. The number of aliphatic hydroxyl groups is 1. The van der Waals surface area contributed by atoms with Gasteiger partial charge in [0.2, 0.25) is 5.91 Å². The molecule has 2 fully saturated rings. The van der Waals surface area contributed by atoms with Crippen molar-refractivity contribution in [2.75, 3.05) is 32.1 Å². The van der Waals surface area contributed by atoms with Crippen LogP contribution in [0.25, 0.3) is 0 Å². The zero-order chi connectivity index (χ0) is 11.6. The first kappa shape index (κ1) is 12.2. The van der Waals surface area contributed by atoms with Crippen LogP contribution in [-0.4, -0.2) is 54.1 Å². The third-order valence-corrected chi connectivity index (χ3v) is 4.18. The zero-order valence-electron chi connectivity index (χ0n) is 9.39. The molecule has 1 unspecified atom stereocenters. The number of nitrogens with zero attached hydrogens (tertiary/aromatic N) is 1. The Labute approximate surface area is 101 Å². The third kappa shape index (κ3) is 2.70. The van der Waals surface area contributed by atoms with Gasteiger partial charge in [0.05, 0.1) is 19.3 Å². The molecule has 2 rings (SSSR count). The number of hydrogen-bond acceptors (Lipinski definition) is 4. The van der Waals surface area contributed by atoms with E-state index in [9.17, 15) is 4.79 Å². The number of thiol groups is 1. The molecule has 1 amide bonds. The maximum atomic E-state index is 12.0. The summed E-state index contributed by atoms with van der Waals surface area (Å²) < 4.78 is 5.32. The first-order valence-electron chi connectivity index (χ1n) is 5.80. The summed E-state index contributed by atoms with van der Waals surface area (Å²) in [6.45, 7) is 1.70. The van der Waals surface area contributed by atoms with Crippen LogP contribution in [0.15, 0.2) is 0 Å². The largest absolute Gasteiger partial charge is 0.394 e. The highest BCUT2D eigenvalue weighted by Gasteiger charge is 2.44. The van der Waals surface area contributed by atoms with E-state index < -0.39 is 0 Å². The zero-order valence-corrected chi connectivity index (χ0v) is 10.3. The van der Waals surface area contributed by atoms with Crippen LogP contribution >= 0.6 is 12.6 Å². The van der Waals surface area contributed by atoms with E-state index in [1.165, 1.54) is 0 Å². The Morgan fingerprint density at radius 2 is 2.31 bits per heavy atom. The van der Waals surface area contributed by atoms with Crippen LogP contribution in [0.1, 0.15) is 19.3 Å². The van der Waals surface area contributed by atoms with E-state index in [4.69, 9.17) is 9.84 Å². The predicted octanol–water partition coefficient (Wildman–Crippen LogP) is 0.306. The lowest BCUT2D eigenvalue weighted by Crippen LogP contribution is -2.47. The van der Waals surface area contributed by atoms with Crippen molar-refractivity contribution in [2.45, 2.75) is 25.4 Å². The number of ether oxygens (including phenoxy) is 1. The topological polar surface area (TPSA) is 49.8 Å². The standard InChI is InChI=1S/C11H19NO3S/c13-7-9-6-12(3-4-15-9)10(14)5-11(8-16)1-2-11/h9,13,16H,1-8H2. The number of carbonyl (C=O) groups excluding carboxylic acids is 1. The Hall–Kier alpha value is -0.260. The fourth-order valence-electron chi connectivity index (χ4n) is 2.06. The van der Waals surface area contributed by atoms with Crippen LogP contribution in [0.3, 0.4) is 0 Å². The van der Waals surface area contributed by atoms with Gasteiger partial charge in [0, 0.05) is 19.5 Å². The van der Waals surface area contributed by atoms with Gasteiger partial charge in [-0.2, -0.15) is 12.6 Å². The summed E-state index contributed by atoms with van der Waals surface area (Å²) in [6.07, 6.45) is 2.64. The lowest BCUT2D eigenvalue weighted by atomic mass is 10.0. The van der Waals surface area contributed by atoms with Crippen molar-refractivity contribution in [1.82, 2.24) is 4.90 Å². The van der Waals surface area contributed by atoms with Crippen molar-refractivity contribution < 1.29 is 14.6 Å². The molecule has 92 valence electrons. The molecule has 1 heterocycles. The Balaban J connectivity index is 1.84. The summed E-state index contributed by atoms with van der Waals surface area (Å²) in [5, 5.41) is 9.01. The van der Waals surface area contributed by atoms with Gasteiger partial charge >= 0.3 is 0 Å². The van der Waals surface area contributed by atoms with Gasteiger partial charge < -0.3 is 14.7 Å². The second-order valence-corrected chi connectivity index (χ2v) is 5.17. The van der Waals surface area contributed by atoms with Gasteiger partial charge in [-0.25, -0.2) is 0 Å². The average molecular weight is 245 g/mol. The molecule has 1 N–H and O–H groups in total.